The SMILES string of the molecule is CCn1nnc(C)c1C(=O)NC[C@H]1C[C@@H](OC)CN1c1ccncn1. The highest BCUT2D eigenvalue weighted by molar-refractivity contribution is 5.93. The highest BCUT2D eigenvalue weighted by Gasteiger charge is 2.33. The molecule has 0 bridgehead atoms. The molecular weight excluding hydrogens is 322 g/mol. The van der Waals surface area contributed by atoms with Crippen LogP contribution in [0.1, 0.15) is 29.5 Å². The van der Waals surface area contributed by atoms with E-state index in [2.05, 4.69) is 30.5 Å². The maximum atomic E-state index is 12.6. The van der Waals surface area contributed by atoms with Crippen molar-refractivity contribution < 1.29 is 9.53 Å². The van der Waals surface area contributed by atoms with Gasteiger partial charge in [-0.15, -0.1) is 5.10 Å². The van der Waals surface area contributed by atoms with Crippen LogP contribution in [0.25, 0.3) is 0 Å². The Balaban J connectivity index is 1.70. The number of carbonyl (C=O) groups excluding carboxylic acids is 1. The van der Waals surface area contributed by atoms with Crippen LogP contribution in [0.2, 0.25) is 0 Å². The predicted molar refractivity (Wildman–Crippen MR) is 91.3 cm³/mol. The van der Waals surface area contributed by atoms with E-state index in [9.17, 15) is 4.79 Å². The van der Waals surface area contributed by atoms with Crippen LogP contribution in [-0.2, 0) is 11.3 Å². The van der Waals surface area contributed by atoms with E-state index in [1.54, 1.807) is 24.9 Å². The number of amides is 1. The van der Waals surface area contributed by atoms with Gasteiger partial charge in [0.1, 0.15) is 17.8 Å². The summed E-state index contributed by atoms with van der Waals surface area (Å²) in [6.07, 6.45) is 4.18. The number of hydrogen-bond donors (Lipinski definition) is 1. The molecule has 0 unspecified atom stereocenters. The van der Waals surface area contributed by atoms with E-state index in [0.29, 0.717) is 24.5 Å². The molecule has 2 atom stereocenters. The van der Waals surface area contributed by atoms with Crippen LogP contribution >= 0.6 is 0 Å². The fraction of sp³-hybridized carbons (Fsp3) is 0.562. The van der Waals surface area contributed by atoms with Crippen LogP contribution in [0.4, 0.5) is 5.82 Å². The Morgan fingerprint density at radius 2 is 2.32 bits per heavy atom. The van der Waals surface area contributed by atoms with E-state index in [-0.39, 0.29) is 18.1 Å². The smallest absolute Gasteiger partial charge is 0.271 e. The van der Waals surface area contributed by atoms with Crippen molar-refractivity contribution in [2.24, 2.45) is 0 Å². The third-order valence-electron chi connectivity index (χ3n) is 4.49. The third-order valence-corrected chi connectivity index (χ3v) is 4.49. The van der Waals surface area contributed by atoms with Crippen LogP contribution < -0.4 is 10.2 Å². The van der Waals surface area contributed by atoms with Gasteiger partial charge in [-0.25, -0.2) is 14.6 Å². The van der Waals surface area contributed by atoms with E-state index in [0.717, 1.165) is 18.8 Å². The highest BCUT2D eigenvalue weighted by atomic mass is 16.5. The lowest BCUT2D eigenvalue weighted by Gasteiger charge is -2.25. The average Bonchev–Trinajstić information content (AvgIpc) is 3.23. The molecule has 9 nitrogen and oxygen atoms in total. The standard InChI is InChI=1S/C16H23N7O2/c1-4-23-15(11(2)20-21-23)16(24)18-8-12-7-13(25-3)9-22(12)14-5-6-17-10-19-14/h5-6,10,12-13H,4,7-9H2,1-3H3,(H,18,24)/t12-,13-/m1/s1. The summed E-state index contributed by atoms with van der Waals surface area (Å²) in [5.74, 6) is 0.679. The summed E-state index contributed by atoms with van der Waals surface area (Å²) in [6, 6.07) is 1.97. The number of aromatic nitrogens is 5. The molecule has 1 N–H and O–H groups in total. The predicted octanol–water partition coefficient (Wildman–Crippen LogP) is 0.420. The molecule has 25 heavy (non-hydrogen) atoms. The Bertz CT molecular complexity index is 719. The molecule has 1 aliphatic heterocycles. The summed E-state index contributed by atoms with van der Waals surface area (Å²) in [4.78, 5) is 23.0. The first kappa shape index (κ1) is 17.3. The minimum Gasteiger partial charge on any atom is -0.380 e. The van der Waals surface area contributed by atoms with Crippen molar-refractivity contribution in [3.8, 4) is 0 Å². The number of anilines is 1. The Hall–Kier alpha value is -2.55. The number of rotatable bonds is 6. The van der Waals surface area contributed by atoms with E-state index >= 15 is 0 Å². The molecule has 0 spiro atoms. The summed E-state index contributed by atoms with van der Waals surface area (Å²) in [5.41, 5.74) is 1.14. The summed E-state index contributed by atoms with van der Waals surface area (Å²) >= 11 is 0. The Labute approximate surface area is 146 Å². The molecule has 0 saturated carbocycles. The van der Waals surface area contributed by atoms with Gasteiger partial charge in [0.05, 0.1) is 17.8 Å². The van der Waals surface area contributed by atoms with Crippen LogP contribution in [-0.4, -0.2) is 63.2 Å². The molecule has 1 amide bonds. The number of nitrogens with one attached hydrogen (secondary N) is 1. The quantitative estimate of drug-likeness (QED) is 0.810. The fourth-order valence-electron chi connectivity index (χ4n) is 3.17. The van der Waals surface area contributed by atoms with E-state index < -0.39 is 0 Å². The second-order valence-electron chi connectivity index (χ2n) is 6.02. The van der Waals surface area contributed by atoms with Gasteiger partial charge in [-0.3, -0.25) is 4.79 Å². The highest BCUT2D eigenvalue weighted by Crippen LogP contribution is 2.24. The molecule has 1 saturated heterocycles. The molecule has 3 rings (SSSR count). The van der Waals surface area contributed by atoms with Crippen molar-refractivity contribution in [3.05, 3.63) is 30.0 Å². The monoisotopic (exact) mass is 345 g/mol. The Morgan fingerprint density at radius 3 is 3.00 bits per heavy atom. The van der Waals surface area contributed by atoms with E-state index in [4.69, 9.17) is 4.74 Å². The number of carbonyl (C=O) groups is 1. The summed E-state index contributed by atoms with van der Waals surface area (Å²) in [5, 5.41) is 11.0. The number of aryl methyl sites for hydroxylation is 2. The number of nitrogens with zero attached hydrogens (tertiary/aromatic N) is 6. The Kier molecular flexibility index (Phi) is 5.22. The second-order valence-corrected chi connectivity index (χ2v) is 6.02. The zero-order valence-electron chi connectivity index (χ0n) is 14.7. The van der Waals surface area contributed by atoms with Gasteiger partial charge in [-0.1, -0.05) is 5.21 Å². The molecule has 2 aromatic heterocycles. The average molecular weight is 345 g/mol. The largest absolute Gasteiger partial charge is 0.380 e. The molecule has 1 aliphatic rings. The Morgan fingerprint density at radius 1 is 1.48 bits per heavy atom. The van der Waals surface area contributed by atoms with Gasteiger partial charge < -0.3 is 15.0 Å². The van der Waals surface area contributed by atoms with Crippen molar-refractivity contribution in [1.82, 2.24) is 30.3 Å². The van der Waals surface area contributed by atoms with Gasteiger partial charge in [0.15, 0.2) is 0 Å². The van der Waals surface area contributed by atoms with Gasteiger partial charge in [0.25, 0.3) is 5.91 Å². The van der Waals surface area contributed by atoms with Crippen molar-refractivity contribution in [2.45, 2.75) is 39.0 Å². The number of ether oxygens (including phenoxy) is 1. The van der Waals surface area contributed by atoms with Crippen molar-refractivity contribution in [1.29, 1.82) is 0 Å². The lowest BCUT2D eigenvalue weighted by molar-refractivity contribution is 0.0935. The molecule has 0 aliphatic carbocycles. The molecule has 1 fully saturated rings. The van der Waals surface area contributed by atoms with Crippen molar-refractivity contribution in [3.63, 3.8) is 0 Å². The first-order valence-electron chi connectivity index (χ1n) is 8.37. The second kappa shape index (κ2) is 7.56. The van der Waals surface area contributed by atoms with Gasteiger partial charge in [0, 0.05) is 32.9 Å². The first-order chi connectivity index (χ1) is 12.1. The van der Waals surface area contributed by atoms with Gasteiger partial charge in [-0.05, 0) is 26.3 Å². The maximum absolute atomic E-state index is 12.6. The summed E-state index contributed by atoms with van der Waals surface area (Å²) in [7, 11) is 1.71. The fourth-order valence-corrected chi connectivity index (χ4v) is 3.17. The topological polar surface area (TPSA) is 98.1 Å². The summed E-state index contributed by atoms with van der Waals surface area (Å²) < 4.78 is 7.12. The minimum atomic E-state index is -0.159. The van der Waals surface area contributed by atoms with Crippen LogP contribution in [0, 0.1) is 6.92 Å². The third kappa shape index (κ3) is 3.60. The summed E-state index contributed by atoms with van der Waals surface area (Å²) in [6.45, 7) is 5.56. The van der Waals surface area contributed by atoms with E-state index in [1.165, 1.54) is 6.33 Å². The first-order valence-corrected chi connectivity index (χ1v) is 8.37. The van der Waals surface area contributed by atoms with Crippen molar-refractivity contribution in [2.75, 3.05) is 25.1 Å². The maximum Gasteiger partial charge on any atom is 0.271 e. The molecule has 134 valence electrons. The zero-order valence-corrected chi connectivity index (χ0v) is 14.7. The molecule has 9 heteroatoms. The molecule has 0 aromatic carbocycles. The lowest BCUT2D eigenvalue weighted by atomic mass is 10.2. The van der Waals surface area contributed by atoms with Gasteiger partial charge in [-0.2, -0.15) is 0 Å². The number of hydrogen-bond acceptors (Lipinski definition) is 7. The lowest BCUT2D eigenvalue weighted by Crippen LogP contribution is -2.41. The van der Waals surface area contributed by atoms with E-state index in [1.807, 2.05) is 13.0 Å². The molecule has 3 heterocycles. The zero-order chi connectivity index (χ0) is 17.8. The van der Waals surface area contributed by atoms with Crippen molar-refractivity contribution >= 4 is 11.7 Å². The normalized spacial score (nSPS) is 20.0. The van der Waals surface area contributed by atoms with Gasteiger partial charge >= 0.3 is 0 Å². The molecule has 2 aromatic rings. The van der Waals surface area contributed by atoms with Crippen LogP contribution in [0.15, 0.2) is 18.6 Å². The van der Waals surface area contributed by atoms with Crippen LogP contribution in [0.3, 0.4) is 0 Å². The number of methoxy groups -OCH3 is 1. The van der Waals surface area contributed by atoms with Gasteiger partial charge in [0.2, 0.25) is 0 Å². The van der Waals surface area contributed by atoms with Crippen LogP contribution in [0.5, 0.6) is 0 Å². The minimum absolute atomic E-state index is 0.107. The molecular formula is C16H23N7O2. The molecule has 0 radical (unpaired) electrons.